The lowest BCUT2D eigenvalue weighted by Gasteiger charge is -2.26. The summed E-state index contributed by atoms with van der Waals surface area (Å²) in [6.07, 6.45) is 0. The minimum Gasteiger partial charge on any atom is -0.455 e. The molecule has 12 rings (SSSR count). The Morgan fingerprint density at radius 1 is 0.258 bits per heavy atom. The molecule has 0 saturated heterocycles. The van der Waals surface area contributed by atoms with Gasteiger partial charge in [0, 0.05) is 33.4 Å². The van der Waals surface area contributed by atoms with E-state index in [1.165, 1.54) is 65.7 Å². The van der Waals surface area contributed by atoms with Crippen molar-refractivity contribution in [2.75, 3.05) is 4.90 Å². The van der Waals surface area contributed by atoms with E-state index in [1.807, 2.05) is 12.1 Å². The van der Waals surface area contributed by atoms with Crippen LogP contribution >= 0.6 is 0 Å². The summed E-state index contributed by atoms with van der Waals surface area (Å²) in [5, 5.41) is 9.82. The Bertz CT molecular complexity index is 3620. The van der Waals surface area contributed by atoms with Gasteiger partial charge in [-0.05, 0) is 120 Å². The van der Waals surface area contributed by atoms with Crippen molar-refractivity contribution in [3.8, 4) is 44.5 Å². The molecule has 0 amide bonds. The van der Waals surface area contributed by atoms with Gasteiger partial charge in [-0.15, -0.1) is 0 Å². The van der Waals surface area contributed by atoms with Crippen LogP contribution in [0.15, 0.2) is 241 Å². The predicted octanol–water partition coefficient (Wildman–Crippen LogP) is 17.2. The Labute approximate surface area is 360 Å². The molecule has 0 atom stereocenters. The highest BCUT2D eigenvalue weighted by atomic mass is 16.3. The molecule has 0 spiro atoms. The normalized spacial score (nSPS) is 11.5. The Morgan fingerprint density at radius 3 is 1.58 bits per heavy atom. The molecule has 2 nitrogen and oxygen atoms in total. The third kappa shape index (κ3) is 6.20. The van der Waals surface area contributed by atoms with Crippen molar-refractivity contribution in [1.29, 1.82) is 0 Å². The first-order chi connectivity index (χ1) is 30.7. The molecule has 62 heavy (non-hydrogen) atoms. The number of fused-ring (bicyclic) bond motifs is 7. The van der Waals surface area contributed by atoms with Gasteiger partial charge in [-0.1, -0.05) is 188 Å². The van der Waals surface area contributed by atoms with E-state index in [-0.39, 0.29) is 0 Å². The molecule has 1 aromatic heterocycles. The molecule has 0 unspecified atom stereocenters. The van der Waals surface area contributed by atoms with E-state index >= 15 is 0 Å². The van der Waals surface area contributed by atoms with Crippen molar-refractivity contribution in [3.63, 3.8) is 0 Å². The third-order valence-corrected chi connectivity index (χ3v) is 12.5. The van der Waals surface area contributed by atoms with Crippen molar-refractivity contribution >= 4 is 71.3 Å². The molecular weight excluding hydrogens is 751 g/mol. The molecular formula is C60H39NO. The molecule has 0 saturated carbocycles. The molecule has 0 radical (unpaired) electrons. The first-order valence-corrected chi connectivity index (χ1v) is 21.2. The highest BCUT2D eigenvalue weighted by Crippen LogP contribution is 2.42. The molecule has 2 heteroatoms. The topological polar surface area (TPSA) is 16.4 Å². The van der Waals surface area contributed by atoms with E-state index in [9.17, 15) is 0 Å². The van der Waals surface area contributed by atoms with Gasteiger partial charge in [0.2, 0.25) is 0 Å². The number of benzene rings is 11. The van der Waals surface area contributed by atoms with Crippen molar-refractivity contribution in [3.05, 3.63) is 237 Å². The maximum atomic E-state index is 6.51. The molecule has 0 N–H and O–H groups in total. The number of rotatable bonds is 7. The lowest BCUT2D eigenvalue weighted by Crippen LogP contribution is -2.10. The van der Waals surface area contributed by atoms with Gasteiger partial charge < -0.3 is 9.32 Å². The van der Waals surface area contributed by atoms with Crippen molar-refractivity contribution in [1.82, 2.24) is 0 Å². The van der Waals surface area contributed by atoms with E-state index < -0.39 is 0 Å². The van der Waals surface area contributed by atoms with Crippen molar-refractivity contribution < 1.29 is 4.42 Å². The first kappa shape index (κ1) is 35.7. The number of furan rings is 1. The van der Waals surface area contributed by atoms with Crippen LogP contribution in [0.5, 0.6) is 0 Å². The minimum atomic E-state index is 0.899. The molecule has 0 aliphatic carbocycles. The second-order valence-corrected chi connectivity index (χ2v) is 16.1. The third-order valence-electron chi connectivity index (χ3n) is 12.5. The summed E-state index contributed by atoms with van der Waals surface area (Å²) in [5.41, 5.74) is 14.4. The summed E-state index contributed by atoms with van der Waals surface area (Å²) in [4.78, 5) is 2.36. The first-order valence-electron chi connectivity index (χ1n) is 21.2. The monoisotopic (exact) mass is 789 g/mol. The zero-order valence-electron chi connectivity index (χ0n) is 33.9. The smallest absolute Gasteiger partial charge is 0.143 e. The highest BCUT2D eigenvalue weighted by molar-refractivity contribution is 6.12. The van der Waals surface area contributed by atoms with Gasteiger partial charge in [0.05, 0.1) is 0 Å². The van der Waals surface area contributed by atoms with Gasteiger partial charge in [0.1, 0.15) is 11.2 Å². The SMILES string of the molecule is c1cc(-c2cccc3c2oc2ccccc23)cc(N(c2ccc(-c3ccc(-c4ccc5ccccc5c4)cc3)cc2)c2ccc(-c3cccc4c3ccc3ccccc34)cc2)c1. The summed E-state index contributed by atoms with van der Waals surface area (Å²) in [5.74, 6) is 0. The van der Waals surface area contributed by atoms with Gasteiger partial charge >= 0.3 is 0 Å². The average molecular weight is 790 g/mol. The Balaban J connectivity index is 0.931. The number of nitrogens with zero attached hydrogens (tertiary/aromatic N) is 1. The van der Waals surface area contributed by atoms with Gasteiger partial charge in [-0.3, -0.25) is 0 Å². The average Bonchev–Trinajstić information content (AvgIpc) is 3.73. The molecule has 0 bridgehead atoms. The van der Waals surface area contributed by atoms with Gasteiger partial charge in [-0.25, -0.2) is 0 Å². The van der Waals surface area contributed by atoms with Crippen molar-refractivity contribution in [2.45, 2.75) is 0 Å². The fraction of sp³-hybridized carbons (Fsp3) is 0. The van der Waals surface area contributed by atoms with Crippen LogP contribution in [0, 0.1) is 0 Å². The van der Waals surface area contributed by atoms with Crippen LogP contribution in [0.25, 0.3) is 98.8 Å². The quantitative estimate of drug-likeness (QED) is 0.150. The summed E-state index contributed by atoms with van der Waals surface area (Å²) in [6, 6.07) is 85.4. The maximum Gasteiger partial charge on any atom is 0.143 e. The summed E-state index contributed by atoms with van der Waals surface area (Å²) < 4.78 is 6.51. The van der Waals surface area contributed by atoms with E-state index in [1.54, 1.807) is 0 Å². The minimum absolute atomic E-state index is 0.899. The maximum absolute atomic E-state index is 6.51. The number of para-hydroxylation sites is 2. The second kappa shape index (κ2) is 14.8. The zero-order chi connectivity index (χ0) is 41.0. The highest BCUT2D eigenvalue weighted by Gasteiger charge is 2.17. The van der Waals surface area contributed by atoms with Crippen LogP contribution < -0.4 is 4.90 Å². The lowest BCUT2D eigenvalue weighted by molar-refractivity contribution is 0.670. The molecule has 290 valence electrons. The largest absolute Gasteiger partial charge is 0.455 e. The lowest BCUT2D eigenvalue weighted by atomic mass is 9.94. The Hall–Kier alpha value is -8.20. The van der Waals surface area contributed by atoms with Gasteiger partial charge in [-0.2, -0.15) is 0 Å². The molecule has 1 heterocycles. The Kier molecular flexibility index (Phi) is 8.53. The molecule has 12 aromatic rings. The van der Waals surface area contributed by atoms with E-state index in [0.29, 0.717) is 0 Å². The van der Waals surface area contributed by atoms with Crippen LogP contribution in [-0.4, -0.2) is 0 Å². The van der Waals surface area contributed by atoms with E-state index in [2.05, 4.69) is 229 Å². The number of anilines is 3. The molecule has 11 aromatic carbocycles. The van der Waals surface area contributed by atoms with Crippen LogP contribution in [-0.2, 0) is 0 Å². The predicted molar refractivity (Wildman–Crippen MR) is 263 cm³/mol. The fourth-order valence-corrected chi connectivity index (χ4v) is 9.34. The summed E-state index contributed by atoms with van der Waals surface area (Å²) >= 11 is 0. The van der Waals surface area contributed by atoms with Gasteiger partial charge in [0.15, 0.2) is 0 Å². The van der Waals surface area contributed by atoms with E-state index in [0.717, 1.165) is 50.1 Å². The molecule has 0 aliphatic heterocycles. The standard InChI is InChI=1S/C60H39NO/c1-2-12-46-38-47(27-26-40(46)10-1)43-24-22-41(23-25-43)42-28-33-49(34-29-42)61(51-14-7-13-48(39-51)54-18-9-20-58-57-16-5-6-21-59(57)62-60(54)58)50-35-30-45(31-36-50)53-17-8-19-55-52-15-4-3-11-44(52)32-37-56(53)55/h1-39H. The molecule has 0 fully saturated rings. The summed E-state index contributed by atoms with van der Waals surface area (Å²) in [7, 11) is 0. The number of hydrogen-bond donors (Lipinski definition) is 0. The zero-order valence-corrected chi connectivity index (χ0v) is 33.9. The number of hydrogen-bond acceptors (Lipinski definition) is 2. The fourth-order valence-electron chi connectivity index (χ4n) is 9.34. The van der Waals surface area contributed by atoms with Crippen LogP contribution in [0.2, 0.25) is 0 Å². The van der Waals surface area contributed by atoms with Crippen LogP contribution in [0.4, 0.5) is 17.1 Å². The van der Waals surface area contributed by atoms with Crippen LogP contribution in [0.3, 0.4) is 0 Å². The van der Waals surface area contributed by atoms with Gasteiger partial charge in [0.25, 0.3) is 0 Å². The van der Waals surface area contributed by atoms with Crippen molar-refractivity contribution in [2.24, 2.45) is 0 Å². The van der Waals surface area contributed by atoms with Crippen LogP contribution in [0.1, 0.15) is 0 Å². The molecule has 0 aliphatic rings. The summed E-state index contributed by atoms with van der Waals surface area (Å²) in [6.45, 7) is 0. The van der Waals surface area contributed by atoms with E-state index in [4.69, 9.17) is 4.42 Å². The second-order valence-electron chi connectivity index (χ2n) is 16.1. The Morgan fingerprint density at radius 2 is 0.806 bits per heavy atom.